The molecule has 0 saturated heterocycles. The number of nitrogens with zero attached hydrogens (tertiary/aromatic N) is 1. The minimum atomic E-state index is 0.620. The van der Waals surface area contributed by atoms with E-state index in [0.717, 1.165) is 11.1 Å². The second-order valence-corrected chi connectivity index (χ2v) is 6.52. The molecule has 1 aromatic rings. The summed E-state index contributed by atoms with van der Waals surface area (Å²) in [4.78, 5) is 8.39. The van der Waals surface area contributed by atoms with Crippen molar-refractivity contribution in [3.8, 4) is 0 Å². The molecule has 0 amide bonds. The van der Waals surface area contributed by atoms with E-state index < -0.39 is 0 Å². The summed E-state index contributed by atoms with van der Waals surface area (Å²) in [5, 5.41) is 0. The second kappa shape index (κ2) is 6.17. The molecule has 1 heterocycles. The zero-order chi connectivity index (χ0) is 13.1. The summed E-state index contributed by atoms with van der Waals surface area (Å²) in [6, 6.07) is 0. The quantitative estimate of drug-likeness (QED) is 0.743. The van der Waals surface area contributed by atoms with Crippen LogP contribution in [0.25, 0.3) is 0 Å². The van der Waals surface area contributed by atoms with E-state index in [9.17, 15) is 0 Å². The highest BCUT2D eigenvalue weighted by Crippen LogP contribution is 2.30. The summed E-state index contributed by atoms with van der Waals surface area (Å²) >= 11 is 5.53. The molecule has 0 unspecified atom stereocenters. The Morgan fingerprint density at radius 1 is 0.895 bits per heavy atom. The highest BCUT2D eigenvalue weighted by atomic mass is 32.1. The van der Waals surface area contributed by atoms with Gasteiger partial charge in [-0.05, 0) is 38.5 Å². The molecule has 104 valence electrons. The predicted octanol–water partition coefficient (Wildman–Crippen LogP) is 4.85. The maximum absolute atomic E-state index is 5.53. The van der Waals surface area contributed by atoms with Crippen molar-refractivity contribution in [2.45, 2.75) is 76.5 Å². The van der Waals surface area contributed by atoms with E-state index in [-0.39, 0.29) is 0 Å². The van der Waals surface area contributed by atoms with Gasteiger partial charge in [-0.25, -0.2) is 4.98 Å². The zero-order valence-corrected chi connectivity index (χ0v) is 12.5. The first kappa shape index (κ1) is 13.3. The molecule has 0 bridgehead atoms. The van der Waals surface area contributed by atoms with E-state index in [0.29, 0.717) is 5.92 Å². The fourth-order valence-corrected chi connectivity index (χ4v) is 3.89. The van der Waals surface area contributed by atoms with Crippen LogP contribution >= 0.6 is 12.2 Å². The van der Waals surface area contributed by atoms with E-state index in [1.165, 1.54) is 81.3 Å². The van der Waals surface area contributed by atoms with Gasteiger partial charge in [-0.1, -0.05) is 44.3 Å². The van der Waals surface area contributed by atoms with Crippen LogP contribution < -0.4 is 0 Å². The molecule has 2 aliphatic carbocycles. The summed E-state index contributed by atoms with van der Waals surface area (Å²) in [5.74, 6) is 1.81. The molecule has 0 spiro atoms. The third-order valence-electron chi connectivity index (χ3n) is 4.72. The molecule has 1 aromatic heterocycles. The van der Waals surface area contributed by atoms with Crippen LogP contribution in [-0.2, 0) is 12.8 Å². The summed E-state index contributed by atoms with van der Waals surface area (Å²) < 4.78 is 0.880. The molecule has 3 rings (SSSR count). The average Bonchev–Trinajstić information content (AvgIpc) is 2.38. The van der Waals surface area contributed by atoms with Gasteiger partial charge in [0, 0.05) is 17.2 Å². The van der Waals surface area contributed by atoms with E-state index in [4.69, 9.17) is 17.2 Å². The van der Waals surface area contributed by atoms with Crippen molar-refractivity contribution in [1.82, 2.24) is 9.97 Å². The number of aryl methyl sites for hydroxylation is 1. The van der Waals surface area contributed by atoms with Crippen LogP contribution in [0.2, 0.25) is 0 Å². The molecule has 0 radical (unpaired) electrons. The topological polar surface area (TPSA) is 28.7 Å². The number of hydrogen-bond donors (Lipinski definition) is 1. The standard InChI is InChI=1S/C16H24N2S/c19-16-13-10-6-7-11-14(13)17-15(18-16)12-8-4-2-1-3-5-9-12/h12H,1-11H2,(H,17,18,19). The first-order chi connectivity index (χ1) is 9.34. The lowest BCUT2D eigenvalue weighted by molar-refractivity contribution is 0.439. The highest BCUT2D eigenvalue weighted by Gasteiger charge is 2.19. The number of fused-ring (bicyclic) bond motifs is 1. The van der Waals surface area contributed by atoms with Gasteiger partial charge < -0.3 is 4.98 Å². The lowest BCUT2D eigenvalue weighted by Gasteiger charge is -2.22. The minimum absolute atomic E-state index is 0.620. The third-order valence-corrected chi connectivity index (χ3v) is 5.06. The van der Waals surface area contributed by atoms with Crippen LogP contribution in [0.15, 0.2) is 0 Å². The molecule has 0 aliphatic heterocycles. The number of hydrogen-bond acceptors (Lipinski definition) is 2. The monoisotopic (exact) mass is 276 g/mol. The fourth-order valence-electron chi connectivity index (χ4n) is 3.56. The van der Waals surface area contributed by atoms with Crippen LogP contribution in [0, 0.1) is 4.64 Å². The van der Waals surface area contributed by atoms with Crippen molar-refractivity contribution in [3.05, 3.63) is 21.7 Å². The smallest absolute Gasteiger partial charge is 0.133 e. The Morgan fingerprint density at radius 3 is 2.37 bits per heavy atom. The molecular formula is C16H24N2S. The van der Waals surface area contributed by atoms with Crippen LogP contribution in [0.3, 0.4) is 0 Å². The molecule has 0 atom stereocenters. The molecule has 2 nitrogen and oxygen atoms in total. The van der Waals surface area contributed by atoms with Crippen molar-refractivity contribution in [3.63, 3.8) is 0 Å². The third kappa shape index (κ3) is 3.07. The fraction of sp³-hybridized carbons (Fsp3) is 0.750. The molecule has 1 saturated carbocycles. The molecule has 1 fully saturated rings. The number of H-pyrrole nitrogens is 1. The molecular weight excluding hydrogens is 252 g/mol. The van der Waals surface area contributed by atoms with E-state index in [2.05, 4.69) is 4.98 Å². The van der Waals surface area contributed by atoms with E-state index >= 15 is 0 Å². The van der Waals surface area contributed by atoms with Crippen molar-refractivity contribution < 1.29 is 0 Å². The van der Waals surface area contributed by atoms with Gasteiger partial charge in [-0.2, -0.15) is 0 Å². The Bertz CT molecular complexity index is 484. The Kier molecular flexibility index (Phi) is 4.31. The maximum Gasteiger partial charge on any atom is 0.133 e. The lowest BCUT2D eigenvalue weighted by Crippen LogP contribution is -2.14. The molecule has 2 aliphatic rings. The normalized spacial score (nSPS) is 21.5. The largest absolute Gasteiger partial charge is 0.347 e. The van der Waals surface area contributed by atoms with E-state index in [1.807, 2.05) is 0 Å². The van der Waals surface area contributed by atoms with Gasteiger partial charge in [0.2, 0.25) is 0 Å². The Hall–Kier alpha value is -0.700. The van der Waals surface area contributed by atoms with Crippen molar-refractivity contribution in [1.29, 1.82) is 0 Å². The minimum Gasteiger partial charge on any atom is -0.347 e. The van der Waals surface area contributed by atoms with Gasteiger partial charge in [-0.3, -0.25) is 0 Å². The van der Waals surface area contributed by atoms with Gasteiger partial charge in [0.15, 0.2) is 0 Å². The van der Waals surface area contributed by atoms with Gasteiger partial charge in [0.05, 0.1) is 0 Å². The first-order valence-corrected chi connectivity index (χ1v) is 8.37. The summed E-state index contributed by atoms with van der Waals surface area (Å²) in [5.41, 5.74) is 2.72. The lowest BCUT2D eigenvalue weighted by atomic mass is 9.90. The van der Waals surface area contributed by atoms with Crippen LogP contribution in [0.1, 0.15) is 80.8 Å². The average molecular weight is 276 g/mol. The molecule has 1 N–H and O–H groups in total. The molecule has 19 heavy (non-hydrogen) atoms. The Labute approximate surface area is 121 Å². The zero-order valence-electron chi connectivity index (χ0n) is 11.7. The summed E-state index contributed by atoms with van der Waals surface area (Å²) in [7, 11) is 0. The number of aromatic nitrogens is 2. The second-order valence-electron chi connectivity index (χ2n) is 6.13. The summed E-state index contributed by atoms with van der Waals surface area (Å²) in [6.45, 7) is 0. The van der Waals surface area contributed by atoms with Crippen LogP contribution in [0.4, 0.5) is 0 Å². The van der Waals surface area contributed by atoms with Crippen molar-refractivity contribution >= 4 is 12.2 Å². The SMILES string of the molecule is S=c1nc(C2CCCCCCC2)[nH]c2c1CCCC2. The number of aromatic amines is 1. The Morgan fingerprint density at radius 2 is 1.58 bits per heavy atom. The summed E-state index contributed by atoms with van der Waals surface area (Å²) in [6.07, 6.45) is 14.3. The Balaban J connectivity index is 1.87. The molecule has 0 aromatic carbocycles. The van der Waals surface area contributed by atoms with Gasteiger partial charge in [0.1, 0.15) is 10.5 Å². The molecule has 3 heteroatoms. The van der Waals surface area contributed by atoms with Gasteiger partial charge >= 0.3 is 0 Å². The van der Waals surface area contributed by atoms with E-state index in [1.54, 1.807) is 0 Å². The van der Waals surface area contributed by atoms with Crippen LogP contribution in [-0.4, -0.2) is 9.97 Å². The maximum atomic E-state index is 5.53. The number of nitrogens with one attached hydrogen (secondary N) is 1. The van der Waals surface area contributed by atoms with Gasteiger partial charge in [-0.15, -0.1) is 0 Å². The number of rotatable bonds is 1. The predicted molar refractivity (Wildman–Crippen MR) is 81.1 cm³/mol. The van der Waals surface area contributed by atoms with Gasteiger partial charge in [0.25, 0.3) is 0 Å². The van der Waals surface area contributed by atoms with Crippen LogP contribution in [0.5, 0.6) is 0 Å². The van der Waals surface area contributed by atoms with Crippen molar-refractivity contribution in [2.24, 2.45) is 0 Å². The first-order valence-electron chi connectivity index (χ1n) is 7.96. The highest BCUT2D eigenvalue weighted by molar-refractivity contribution is 7.71. The van der Waals surface area contributed by atoms with Crippen molar-refractivity contribution in [2.75, 3.05) is 0 Å².